The molecule has 1 saturated carbocycles. The van der Waals surface area contributed by atoms with Crippen LogP contribution < -0.4 is 10.0 Å². The van der Waals surface area contributed by atoms with Crippen LogP contribution in [0.4, 0.5) is 0 Å². The Morgan fingerprint density at radius 1 is 1.21 bits per heavy atom. The number of nitrogens with zero attached hydrogens (tertiary/aromatic N) is 1. The number of nitrogens with one attached hydrogen (secondary N) is 2. The van der Waals surface area contributed by atoms with Crippen molar-refractivity contribution in [1.29, 1.82) is 0 Å². The van der Waals surface area contributed by atoms with Crippen LogP contribution in [0, 0.1) is 11.8 Å². The van der Waals surface area contributed by atoms with Gasteiger partial charge in [0.1, 0.15) is 0 Å². The second-order valence-electron chi connectivity index (χ2n) is 6.05. The first-order valence-electron chi connectivity index (χ1n) is 7.41. The Hall–Kier alpha value is -0.170. The second-order valence-corrected chi connectivity index (χ2v) is 7.92. The molecule has 2 N–H and O–H groups in total. The van der Waals surface area contributed by atoms with Crippen molar-refractivity contribution in [3.8, 4) is 0 Å². The molecule has 0 amide bonds. The Kier molecular flexibility index (Phi) is 5.22. The molecule has 6 heteroatoms. The van der Waals surface area contributed by atoms with Crippen molar-refractivity contribution in [2.45, 2.75) is 32.7 Å². The van der Waals surface area contributed by atoms with Gasteiger partial charge in [0, 0.05) is 38.8 Å². The fourth-order valence-corrected chi connectivity index (χ4v) is 4.41. The number of sulfonamides is 1. The fourth-order valence-electron chi connectivity index (χ4n) is 3.00. The molecule has 112 valence electrons. The van der Waals surface area contributed by atoms with E-state index in [1.54, 1.807) is 0 Å². The minimum Gasteiger partial charge on any atom is -0.314 e. The van der Waals surface area contributed by atoms with Gasteiger partial charge >= 0.3 is 0 Å². The summed E-state index contributed by atoms with van der Waals surface area (Å²) in [6, 6.07) is 0.142. The monoisotopic (exact) mass is 289 g/mol. The van der Waals surface area contributed by atoms with E-state index in [2.05, 4.69) is 28.8 Å². The van der Waals surface area contributed by atoms with Crippen LogP contribution >= 0.6 is 0 Å². The summed E-state index contributed by atoms with van der Waals surface area (Å²) in [5, 5.41) is 3.27. The molecule has 1 saturated heterocycles. The van der Waals surface area contributed by atoms with Gasteiger partial charge in [0.15, 0.2) is 0 Å². The van der Waals surface area contributed by atoms with Crippen molar-refractivity contribution in [1.82, 2.24) is 14.9 Å². The van der Waals surface area contributed by atoms with Gasteiger partial charge in [-0.3, -0.25) is 4.90 Å². The molecular formula is C13H27N3O2S. The lowest BCUT2D eigenvalue weighted by Crippen LogP contribution is -2.47. The summed E-state index contributed by atoms with van der Waals surface area (Å²) in [6.07, 6.45) is 2.11. The van der Waals surface area contributed by atoms with Gasteiger partial charge in [-0.05, 0) is 24.7 Å². The molecule has 3 atom stereocenters. The average molecular weight is 289 g/mol. The minimum absolute atomic E-state index is 0.142. The van der Waals surface area contributed by atoms with Gasteiger partial charge in [-0.25, -0.2) is 13.1 Å². The molecule has 2 rings (SSSR count). The van der Waals surface area contributed by atoms with Gasteiger partial charge in [0.25, 0.3) is 0 Å². The van der Waals surface area contributed by atoms with E-state index in [0.29, 0.717) is 18.4 Å². The molecule has 0 spiro atoms. The van der Waals surface area contributed by atoms with Crippen LogP contribution in [0.5, 0.6) is 0 Å². The highest BCUT2D eigenvalue weighted by molar-refractivity contribution is 7.89. The Morgan fingerprint density at radius 3 is 2.47 bits per heavy atom. The molecule has 0 aromatic carbocycles. The topological polar surface area (TPSA) is 61.4 Å². The van der Waals surface area contributed by atoms with E-state index in [-0.39, 0.29) is 11.8 Å². The Bertz CT molecular complexity index is 379. The molecule has 1 aliphatic carbocycles. The fraction of sp³-hybridized carbons (Fsp3) is 1.00. The quantitative estimate of drug-likeness (QED) is 0.761. The maximum Gasteiger partial charge on any atom is 0.213 e. The van der Waals surface area contributed by atoms with Gasteiger partial charge < -0.3 is 5.32 Å². The third-order valence-electron chi connectivity index (χ3n) is 4.68. The summed E-state index contributed by atoms with van der Waals surface area (Å²) in [6.45, 7) is 8.84. The first kappa shape index (κ1) is 15.2. The average Bonchev–Trinajstić information content (AvgIpc) is 2.69. The normalized spacial score (nSPS) is 33.7. The molecule has 3 unspecified atom stereocenters. The zero-order chi connectivity index (χ0) is 13.9. The van der Waals surface area contributed by atoms with E-state index in [4.69, 9.17) is 0 Å². The molecule has 0 radical (unpaired) electrons. The van der Waals surface area contributed by atoms with Gasteiger partial charge in [0.05, 0.1) is 5.75 Å². The van der Waals surface area contributed by atoms with Crippen molar-refractivity contribution >= 4 is 10.0 Å². The lowest BCUT2D eigenvalue weighted by molar-refractivity contribution is 0.253. The third kappa shape index (κ3) is 4.41. The maximum absolute atomic E-state index is 12.1. The van der Waals surface area contributed by atoms with Crippen LogP contribution in [0.2, 0.25) is 0 Å². The highest BCUT2D eigenvalue weighted by atomic mass is 32.2. The van der Waals surface area contributed by atoms with Crippen LogP contribution in [0.15, 0.2) is 0 Å². The van der Waals surface area contributed by atoms with Crippen molar-refractivity contribution in [2.24, 2.45) is 11.8 Å². The molecule has 1 heterocycles. The number of rotatable bonds is 5. The molecule has 2 aliphatic rings. The van der Waals surface area contributed by atoms with Crippen LogP contribution in [0.25, 0.3) is 0 Å². The molecule has 19 heavy (non-hydrogen) atoms. The summed E-state index contributed by atoms with van der Waals surface area (Å²) < 4.78 is 27.2. The Morgan fingerprint density at radius 2 is 1.89 bits per heavy atom. The Labute approximate surface area is 117 Å². The van der Waals surface area contributed by atoms with Gasteiger partial charge in [-0.1, -0.05) is 13.8 Å². The lowest BCUT2D eigenvalue weighted by Gasteiger charge is -2.27. The highest BCUT2D eigenvalue weighted by Gasteiger charge is 2.32. The van der Waals surface area contributed by atoms with Crippen molar-refractivity contribution in [2.75, 3.05) is 38.5 Å². The number of hydrogen-bond donors (Lipinski definition) is 2. The summed E-state index contributed by atoms with van der Waals surface area (Å²) in [5.74, 6) is 1.31. The van der Waals surface area contributed by atoms with E-state index in [1.807, 2.05) is 0 Å². The number of piperazine rings is 1. The molecule has 0 aromatic heterocycles. The molecular weight excluding hydrogens is 262 g/mol. The van der Waals surface area contributed by atoms with E-state index < -0.39 is 10.0 Å². The molecule has 5 nitrogen and oxygen atoms in total. The third-order valence-corrected chi connectivity index (χ3v) is 6.06. The van der Waals surface area contributed by atoms with E-state index >= 15 is 0 Å². The SMILES string of the molecule is CC1CCC(NS(=O)(=O)CCN2CCNCC2)C1C. The van der Waals surface area contributed by atoms with Crippen LogP contribution in [-0.4, -0.2) is 57.8 Å². The zero-order valence-electron chi connectivity index (χ0n) is 12.1. The summed E-state index contributed by atoms with van der Waals surface area (Å²) in [4.78, 5) is 2.22. The van der Waals surface area contributed by atoms with Crippen LogP contribution in [-0.2, 0) is 10.0 Å². The first-order chi connectivity index (χ1) is 8.98. The minimum atomic E-state index is -3.13. The predicted octanol–water partition coefficient (Wildman–Crippen LogP) is 0.246. The first-order valence-corrected chi connectivity index (χ1v) is 9.06. The van der Waals surface area contributed by atoms with Crippen molar-refractivity contribution in [3.05, 3.63) is 0 Å². The van der Waals surface area contributed by atoms with Crippen molar-refractivity contribution in [3.63, 3.8) is 0 Å². The second kappa shape index (κ2) is 6.52. The highest BCUT2D eigenvalue weighted by Crippen LogP contribution is 2.31. The molecule has 1 aliphatic heterocycles. The maximum atomic E-state index is 12.1. The smallest absolute Gasteiger partial charge is 0.213 e. The number of hydrogen-bond acceptors (Lipinski definition) is 4. The summed E-state index contributed by atoms with van der Waals surface area (Å²) >= 11 is 0. The van der Waals surface area contributed by atoms with Gasteiger partial charge in [-0.2, -0.15) is 0 Å². The summed E-state index contributed by atoms with van der Waals surface area (Å²) in [5.41, 5.74) is 0. The van der Waals surface area contributed by atoms with Crippen LogP contribution in [0.3, 0.4) is 0 Å². The zero-order valence-corrected chi connectivity index (χ0v) is 12.9. The predicted molar refractivity (Wildman–Crippen MR) is 77.6 cm³/mol. The van der Waals surface area contributed by atoms with Gasteiger partial charge in [0.2, 0.25) is 10.0 Å². The summed E-state index contributed by atoms with van der Waals surface area (Å²) in [7, 11) is -3.13. The van der Waals surface area contributed by atoms with Crippen molar-refractivity contribution < 1.29 is 8.42 Å². The van der Waals surface area contributed by atoms with E-state index in [9.17, 15) is 8.42 Å². The lowest BCUT2D eigenvalue weighted by atomic mass is 9.98. The van der Waals surface area contributed by atoms with Gasteiger partial charge in [-0.15, -0.1) is 0 Å². The molecule has 0 bridgehead atoms. The Balaban J connectivity index is 1.78. The van der Waals surface area contributed by atoms with E-state index in [1.165, 1.54) is 0 Å². The standard InChI is InChI=1S/C13H27N3O2S/c1-11-3-4-13(12(11)2)15-19(17,18)10-9-16-7-5-14-6-8-16/h11-15H,3-10H2,1-2H3. The molecule has 2 fully saturated rings. The van der Waals surface area contributed by atoms with E-state index in [0.717, 1.165) is 39.0 Å². The largest absolute Gasteiger partial charge is 0.314 e. The van der Waals surface area contributed by atoms with Crippen LogP contribution in [0.1, 0.15) is 26.7 Å². The molecule has 0 aromatic rings.